The molecule has 1 aromatic heterocycles. The molecule has 1 aliphatic heterocycles. The predicted octanol–water partition coefficient (Wildman–Crippen LogP) is 3.01. The summed E-state index contributed by atoms with van der Waals surface area (Å²) < 4.78 is 0. The summed E-state index contributed by atoms with van der Waals surface area (Å²) in [6.07, 6.45) is 3.08. The van der Waals surface area contributed by atoms with E-state index in [0.29, 0.717) is 10.8 Å². The molecule has 0 saturated heterocycles. The number of para-hydroxylation sites is 1. The maximum absolute atomic E-state index is 12.7. The highest BCUT2D eigenvalue weighted by Crippen LogP contribution is 2.33. The Morgan fingerprint density at radius 3 is 2.92 bits per heavy atom. The average Bonchev–Trinajstić information content (AvgIpc) is 3.23. The monoisotopic (exact) mass is 341 g/mol. The third-order valence-corrected chi connectivity index (χ3v) is 5.34. The Bertz CT molecular complexity index is 797. The molecule has 2 aliphatic rings. The van der Waals surface area contributed by atoms with Gasteiger partial charge in [0.15, 0.2) is 5.13 Å². The second kappa shape index (κ2) is 6.02. The largest absolute Gasteiger partial charge is 0.309 e. The van der Waals surface area contributed by atoms with Gasteiger partial charge in [-0.1, -0.05) is 18.2 Å². The second-order valence-corrected chi connectivity index (χ2v) is 7.39. The van der Waals surface area contributed by atoms with Crippen molar-refractivity contribution in [2.24, 2.45) is 5.92 Å². The van der Waals surface area contributed by atoms with Crippen LogP contribution in [0.25, 0.3) is 0 Å². The molecule has 2 heterocycles. The summed E-state index contributed by atoms with van der Waals surface area (Å²) in [4.78, 5) is 30.8. The molecule has 6 heteroatoms. The third-order valence-electron chi connectivity index (χ3n) is 4.54. The lowest BCUT2D eigenvalue weighted by atomic mass is 10.1. The van der Waals surface area contributed by atoms with Gasteiger partial charge in [-0.05, 0) is 37.8 Å². The lowest BCUT2D eigenvalue weighted by molar-refractivity contribution is -0.118. The smallest absolute Gasteiger partial charge is 0.233 e. The fourth-order valence-electron chi connectivity index (χ4n) is 3.18. The number of benzene rings is 1. The van der Waals surface area contributed by atoms with Crippen LogP contribution in [0.2, 0.25) is 0 Å². The van der Waals surface area contributed by atoms with Crippen molar-refractivity contribution in [1.82, 2.24) is 4.98 Å². The minimum absolute atomic E-state index is 0.0457. The Kier molecular flexibility index (Phi) is 3.84. The minimum atomic E-state index is 0.0457. The van der Waals surface area contributed by atoms with E-state index in [9.17, 15) is 9.59 Å². The highest BCUT2D eigenvalue weighted by atomic mass is 32.1. The molecule has 0 unspecified atom stereocenters. The van der Waals surface area contributed by atoms with Gasteiger partial charge < -0.3 is 10.2 Å². The first-order valence-corrected chi connectivity index (χ1v) is 9.15. The van der Waals surface area contributed by atoms with Gasteiger partial charge in [-0.2, -0.15) is 0 Å². The molecule has 1 aliphatic carbocycles. The number of amides is 2. The van der Waals surface area contributed by atoms with E-state index in [1.54, 1.807) is 0 Å². The van der Waals surface area contributed by atoms with Crippen molar-refractivity contribution in [3.63, 3.8) is 0 Å². The van der Waals surface area contributed by atoms with E-state index in [4.69, 9.17) is 0 Å². The molecule has 0 spiro atoms. The van der Waals surface area contributed by atoms with Crippen LogP contribution in [0.15, 0.2) is 29.6 Å². The summed E-state index contributed by atoms with van der Waals surface area (Å²) in [6, 6.07) is 8.22. The number of thiazole rings is 1. The first-order chi connectivity index (χ1) is 11.6. The van der Waals surface area contributed by atoms with Crippen molar-refractivity contribution in [2.45, 2.75) is 38.6 Å². The molecule has 0 radical (unpaired) electrons. The van der Waals surface area contributed by atoms with Crippen LogP contribution in [0.4, 0.5) is 10.8 Å². The van der Waals surface area contributed by atoms with E-state index in [2.05, 4.69) is 23.3 Å². The fraction of sp³-hybridized carbons (Fsp3) is 0.389. The molecule has 1 N–H and O–H groups in total. The SMILES string of the molecule is C[C@H]1Cc2ccccc2N1C(=O)Cc1csc(NC(=O)C2CC2)n1. The molecular weight excluding hydrogens is 322 g/mol. The summed E-state index contributed by atoms with van der Waals surface area (Å²) in [5.41, 5.74) is 2.94. The maximum Gasteiger partial charge on any atom is 0.233 e. The average molecular weight is 341 g/mol. The van der Waals surface area contributed by atoms with E-state index in [-0.39, 0.29) is 30.2 Å². The molecule has 1 saturated carbocycles. The van der Waals surface area contributed by atoms with Gasteiger partial charge in [0.05, 0.1) is 12.1 Å². The summed E-state index contributed by atoms with van der Waals surface area (Å²) >= 11 is 1.38. The van der Waals surface area contributed by atoms with Crippen LogP contribution >= 0.6 is 11.3 Å². The van der Waals surface area contributed by atoms with Crippen LogP contribution < -0.4 is 10.2 Å². The molecule has 4 rings (SSSR count). The Hall–Kier alpha value is -2.21. The summed E-state index contributed by atoms with van der Waals surface area (Å²) in [6.45, 7) is 2.07. The number of nitrogens with zero attached hydrogens (tertiary/aromatic N) is 2. The fourth-order valence-corrected chi connectivity index (χ4v) is 3.90. The van der Waals surface area contributed by atoms with Crippen molar-refractivity contribution < 1.29 is 9.59 Å². The molecule has 0 bridgehead atoms. The third kappa shape index (κ3) is 2.94. The van der Waals surface area contributed by atoms with Gasteiger partial charge in [0.1, 0.15) is 0 Å². The summed E-state index contributed by atoms with van der Waals surface area (Å²) in [5.74, 6) is 0.253. The highest BCUT2D eigenvalue weighted by Gasteiger charge is 2.31. The van der Waals surface area contributed by atoms with Crippen molar-refractivity contribution in [3.05, 3.63) is 40.9 Å². The van der Waals surface area contributed by atoms with Gasteiger partial charge >= 0.3 is 0 Å². The Morgan fingerprint density at radius 1 is 1.33 bits per heavy atom. The second-order valence-electron chi connectivity index (χ2n) is 6.53. The first kappa shape index (κ1) is 15.3. The van der Waals surface area contributed by atoms with Crippen molar-refractivity contribution >= 4 is 34.0 Å². The quantitative estimate of drug-likeness (QED) is 0.930. The van der Waals surface area contributed by atoms with Crippen LogP contribution in [0.3, 0.4) is 0 Å². The van der Waals surface area contributed by atoms with Crippen LogP contribution in [-0.2, 0) is 22.4 Å². The molecular formula is C18H19N3O2S. The van der Waals surface area contributed by atoms with Crippen LogP contribution in [0, 0.1) is 5.92 Å². The van der Waals surface area contributed by atoms with Crippen molar-refractivity contribution in [3.8, 4) is 0 Å². The number of carbonyl (C=O) groups excluding carboxylic acids is 2. The zero-order valence-corrected chi connectivity index (χ0v) is 14.3. The zero-order chi connectivity index (χ0) is 16.7. The standard InChI is InChI=1S/C18H19N3O2S/c1-11-8-13-4-2-3-5-15(13)21(11)16(22)9-14-10-24-18(19-14)20-17(23)12-6-7-12/h2-5,10-12H,6-9H2,1H3,(H,19,20,23)/t11-/m0/s1. The number of rotatable bonds is 4. The predicted molar refractivity (Wildman–Crippen MR) is 94.3 cm³/mol. The van der Waals surface area contributed by atoms with Crippen LogP contribution in [0.1, 0.15) is 31.0 Å². The van der Waals surface area contributed by atoms with Gasteiger partial charge in [0.25, 0.3) is 0 Å². The van der Waals surface area contributed by atoms with Gasteiger partial charge in [0, 0.05) is 23.0 Å². The number of fused-ring (bicyclic) bond motifs is 1. The Balaban J connectivity index is 1.44. The van der Waals surface area contributed by atoms with Crippen molar-refractivity contribution in [1.29, 1.82) is 0 Å². The van der Waals surface area contributed by atoms with Gasteiger partial charge in [0.2, 0.25) is 11.8 Å². The van der Waals surface area contributed by atoms with Gasteiger partial charge in [-0.25, -0.2) is 4.98 Å². The van der Waals surface area contributed by atoms with E-state index >= 15 is 0 Å². The molecule has 124 valence electrons. The molecule has 1 aromatic carbocycles. The summed E-state index contributed by atoms with van der Waals surface area (Å²) in [5, 5.41) is 5.28. The molecule has 1 fully saturated rings. The molecule has 24 heavy (non-hydrogen) atoms. The van der Waals surface area contributed by atoms with E-state index < -0.39 is 0 Å². The maximum atomic E-state index is 12.7. The highest BCUT2D eigenvalue weighted by molar-refractivity contribution is 7.13. The van der Waals surface area contributed by atoms with E-state index in [0.717, 1.165) is 24.9 Å². The lowest BCUT2D eigenvalue weighted by Crippen LogP contribution is -2.36. The van der Waals surface area contributed by atoms with Gasteiger partial charge in [-0.15, -0.1) is 11.3 Å². The first-order valence-electron chi connectivity index (χ1n) is 8.27. The zero-order valence-electron chi connectivity index (χ0n) is 13.5. The molecule has 2 aromatic rings. The molecule has 1 atom stereocenters. The van der Waals surface area contributed by atoms with Gasteiger partial charge in [-0.3, -0.25) is 9.59 Å². The number of aromatic nitrogens is 1. The van der Waals surface area contributed by atoms with Crippen LogP contribution in [0.5, 0.6) is 0 Å². The van der Waals surface area contributed by atoms with Crippen molar-refractivity contribution in [2.75, 3.05) is 10.2 Å². The molecule has 5 nitrogen and oxygen atoms in total. The number of anilines is 2. The minimum Gasteiger partial charge on any atom is -0.309 e. The lowest BCUT2D eigenvalue weighted by Gasteiger charge is -2.22. The summed E-state index contributed by atoms with van der Waals surface area (Å²) in [7, 11) is 0. The molecule has 2 amide bonds. The number of nitrogens with one attached hydrogen (secondary N) is 1. The number of carbonyl (C=O) groups is 2. The van der Waals surface area contributed by atoms with E-state index in [1.165, 1.54) is 16.9 Å². The Labute approximate surface area is 144 Å². The number of hydrogen-bond acceptors (Lipinski definition) is 4. The van der Waals surface area contributed by atoms with E-state index in [1.807, 2.05) is 28.5 Å². The Morgan fingerprint density at radius 2 is 2.12 bits per heavy atom. The van der Waals surface area contributed by atoms with Crippen LogP contribution in [-0.4, -0.2) is 22.8 Å². The normalized spacial score (nSPS) is 19.2. The topological polar surface area (TPSA) is 62.3 Å². The number of hydrogen-bond donors (Lipinski definition) is 1.